The zero-order valence-corrected chi connectivity index (χ0v) is 12.2. The minimum Gasteiger partial charge on any atom is -0.497 e. The molecule has 0 fully saturated rings. The second kappa shape index (κ2) is 7.38. The molecule has 0 aliphatic rings. The Hall–Kier alpha value is -1.07. The van der Waals surface area contributed by atoms with E-state index in [9.17, 15) is 9.90 Å². The van der Waals surface area contributed by atoms with E-state index in [0.29, 0.717) is 6.54 Å². The van der Waals surface area contributed by atoms with Gasteiger partial charge in [0.05, 0.1) is 25.1 Å². The molecule has 0 saturated heterocycles. The number of alkyl halides is 1. The molecule has 0 saturated carbocycles. The summed E-state index contributed by atoms with van der Waals surface area (Å²) in [7, 11) is 1.61. The van der Waals surface area contributed by atoms with Crippen LogP contribution in [0.15, 0.2) is 24.3 Å². The minimum absolute atomic E-state index is 0.0348. The van der Waals surface area contributed by atoms with E-state index in [0.717, 1.165) is 11.3 Å². The molecule has 1 aromatic rings. The molecule has 0 bridgehead atoms. The van der Waals surface area contributed by atoms with E-state index < -0.39 is 0 Å². The predicted octanol–water partition coefficient (Wildman–Crippen LogP) is 1.80. The van der Waals surface area contributed by atoms with Gasteiger partial charge >= 0.3 is 0 Å². The van der Waals surface area contributed by atoms with Gasteiger partial charge in [0, 0.05) is 6.54 Å². The normalized spacial score (nSPS) is 12.0. The number of aliphatic hydroxyl groups is 1. The number of carbonyl (C=O) groups is 1. The molecule has 0 aliphatic heterocycles. The van der Waals surface area contributed by atoms with Crippen LogP contribution in [-0.2, 0) is 11.3 Å². The van der Waals surface area contributed by atoms with E-state index in [1.807, 2.05) is 31.2 Å². The number of hydrogen-bond donors (Lipinski definition) is 1. The summed E-state index contributed by atoms with van der Waals surface area (Å²) < 4.78 is 5.08. The highest BCUT2D eigenvalue weighted by Crippen LogP contribution is 2.14. The number of carbonyl (C=O) groups excluding carboxylic acids is 1. The van der Waals surface area contributed by atoms with Crippen LogP contribution < -0.4 is 4.74 Å². The molecule has 0 spiro atoms. The molecule has 1 rings (SSSR count). The Morgan fingerprint density at radius 2 is 2.06 bits per heavy atom. The number of benzene rings is 1. The lowest BCUT2D eigenvalue weighted by atomic mass is 10.1. The third-order valence-corrected chi connectivity index (χ3v) is 3.22. The summed E-state index contributed by atoms with van der Waals surface area (Å²) in [6.07, 6.45) is 0. The van der Waals surface area contributed by atoms with Crippen LogP contribution in [0.1, 0.15) is 12.5 Å². The Bertz CT molecular complexity index is 380. The smallest absolute Gasteiger partial charge is 0.233 e. The van der Waals surface area contributed by atoms with Gasteiger partial charge in [-0.15, -0.1) is 0 Å². The van der Waals surface area contributed by atoms with Crippen molar-refractivity contribution in [1.82, 2.24) is 4.90 Å². The molecule has 1 aromatic carbocycles. The van der Waals surface area contributed by atoms with Crippen LogP contribution in [0.4, 0.5) is 0 Å². The van der Waals surface area contributed by atoms with Gasteiger partial charge in [-0.25, -0.2) is 0 Å². The van der Waals surface area contributed by atoms with Crippen molar-refractivity contribution >= 4 is 21.8 Å². The number of methoxy groups -OCH3 is 1. The second-order valence-electron chi connectivity index (χ2n) is 4.03. The number of amides is 1. The van der Waals surface area contributed by atoms with Crippen LogP contribution >= 0.6 is 15.9 Å². The Morgan fingerprint density at radius 1 is 1.44 bits per heavy atom. The van der Waals surface area contributed by atoms with Crippen molar-refractivity contribution in [3.8, 4) is 5.75 Å². The molecular formula is C13H18BrNO3. The maximum absolute atomic E-state index is 11.8. The van der Waals surface area contributed by atoms with E-state index >= 15 is 0 Å². The summed E-state index contributed by atoms with van der Waals surface area (Å²) in [5.41, 5.74) is 1.01. The standard InChI is InChI=1S/C13H18BrNO3/c1-10(9-16)15(13(17)7-14)8-11-3-5-12(18-2)6-4-11/h3-6,10,16H,7-9H2,1-2H3/t10-/m1/s1. The van der Waals surface area contributed by atoms with Gasteiger partial charge in [-0.2, -0.15) is 0 Å². The van der Waals surface area contributed by atoms with Crippen molar-refractivity contribution in [3.05, 3.63) is 29.8 Å². The van der Waals surface area contributed by atoms with Gasteiger partial charge in [0.2, 0.25) is 5.91 Å². The maximum Gasteiger partial charge on any atom is 0.233 e. The third-order valence-electron chi connectivity index (χ3n) is 2.74. The fourth-order valence-corrected chi connectivity index (χ4v) is 1.91. The first kappa shape index (κ1) is 15.0. The number of hydrogen-bond acceptors (Lipinski definition) is 3. The first-order valence-corrected chi connectivity index (χ1v) is 6.83. The van der Waals surface area contributed by atoms with Gasteiger partial charge in [-0.05, 0) is 24.6 Å². The Morgan fingerprint density at radius 3 is 2.50 bits per heavy atom. The highest BCUT2D eigenvalue weighted by molar-refractivity contribution is 9.09. The highest BCUT2D eigenvalue weighted by atomic mass is 79.9. The molecule has 0 aliphatic carbocycles. The summed E-state index contributed by atoms with van der Waals surface area (Å²) >= 11 is 3.16. The lowest BCUT2D eigenvalue weighted by molar-refractivity contribution is -0.131. The third kappa shape index (κ3) is 3.99. The number of nitrogens with zero attached hydrogens (tertiary/aromatic N) is 1. The summed E-state index contributed by atoms with van der Waals surface area (Å²) in [5, 5.41) is 9.44. The van der Waals surface area contributed by atoms with Crippen molar-refractivity contribution in [2.45, 2.75) is 19.5 Å². The molecule has 5 heteroatoms. The number of ether oxygens (including phenoxy) is 1. The van der Waals surface area contributed by atoms with E-state index in [4.69, 9.17) is 4.74 Å². The zero-order chi connectivity index (χ0) is 13.5. The van der Waals surface area contributed by atoms with Crippen LogP contribution in [0.3, 0.4) is 0 Å². The van der Waals surface area contributed by atoms with Crippen LogP contribution in [0.5, 0.6) is 5.75 Å². The SMILES string of the molecule is COc1ccc(CN(C(=O)CBr)[C@H](C)CO)cc1. The molecule has 0 aromatic heterocycles. The summed E-state index contributed by atoms with van der Waals surface area (Å²) in [5.74, 6) is 0.750. The Balaban J connectivity index is 2.78. The lowest BCUT2D eigenvalue weighted by Gasteiger charge is -2.27. The zero-order valence-electron chi connectivity index (χ0n) is 10.6. The molecule has 0 heterocycles. The molecule has 18 heavy (non-hydrogen) atoms. The predicted molar refractivity (Wildman–Crippen MR) is 73.9 cm³/mol. The Kier molecular flexibility index (Phi) is 6.15. The van der Waals surface area contributed by atoms with Crippen molar-refractivity contribution in [3.63, 3.8) is 0 Å². The monoisotopic (exact) mass is 315 g/mol. The topological polar surface area (TPSA) is 49.8 Å². The van der Waals surface area contributed by atoms with Crippen molar-refractivity contribution in [2.75, 3.05) is 19.0 Å². The van der Waals surface area contributed by atoms with Crippen LogP contribution in [0, 0.1) is 0 Å². The van der Waals surface area contributed by atoms with E-state index in [2.05, 4.69) is 15.9 Å². The first-order valence-electron chi connectivity index (χ1n) is 5.71. The molecule has 1 amide bonds. The van der Waals surface area contributed by atoms with E-state index in [1.165, 1.54) is 0 Å². The van der Waals surface area contributed by atoms with Crippen molar-refractivity contribution in [1.29, 1.82) is 0 Å². The van der Waals surface area contributed by atoms with Crippen molar-refractivity contribution in [2.24, 2.45) is 0 Å². The molecule has 1 atom stereocenters. The van der Waals surface area contributed by atoms with E-state index in [1.54, 1.807) is 12.0 Å². The van der Waals surface area contributed by atoms with Gasteiger partial charge in [0.1, 0.15) is 5.75 Å². The summed E-state index contributed by atoms with van der Waals surface area (Å²) in [6, 6.07) is 7.34. The fourth-order valence-electron chi connectivity index (χ4n) is 1.59. The average molecular weight is 316 g/mol. The number of halogens is 1. The van der Waals surface area contributed by atoms with Gasteiger partial charge in [0.25, 0.3) is 0 Å². The van der Waals surface area contributed by atoms with Crippen LogP contribution in [0.2, 0.25) is 0 Å². The summed E-state index contributed by atoms with van der Waals surface area (Å²) in [6.45, 7) is 2.26. The number of rotatable bonds is 6. The van der Waals surface area contributed by atoms with Gasteiger partial charge < -0.3 is 14.7 Å². The fraction of sp³-hybridized carbons (Fsp3) is 0.462. The molecule has 1 N–H and O–H groups in total. The minimum atomic E-state index is -0.197. The number of aliphatic hydroxyl groups excluding tert-OH is 1. The van der Waals surface area contributed by atoms with Gasteiger partial charge in [-0.3, -0.25) is 4.79 Å². The Labute approximate surface area is 116 Å². The van der Waals surface area contributed by atoms with Gasteiger partial charge in [-0.1, -0.05) is 28.1 Å². The highest BCUT2D eigenvalue weighted by Gasteiger charge is 2.18. The largest absolute Gasteiger partial charge is 0.497 e. The first-order chi connectivity index (χ1) is 8.62. The van der Waals surface area contributed by atoms with Crippen LogP contribution in [0.25, 0.3) is 0 Å². The van der Waals surface area contributed by atoms with E-state index in [-0.39, 0.29) is 23.9 Å². The second-order valence-corrected chi connectivity index (χ2v) is 4.60. The lowest BCUT2D eigenvalue weighted by Crippen LogP contribution is -2.40. The van der Waals surface area contributed by atoms with Crippen LogP contribution in [-0.4, -0.2) is 41.0 Å². The van der Waals surface area contributed by atoms with Crippen molar-refractivity contribution < 1.29 is 14.6 Å². The average Bonchev–Trinajstić information content (AvgIpc) is 2.43. The molecule has 100 valence electrons. The molecule has 0 radical (unpaired) electrons. The summed E-state index contributed by atoms with van der Waals surface area (Å²) in [4.78, 5) is 13.4. The molecule has 4 nitrogen and oxygen atoms in total. The molecular weight excluding hydrogens is 298 g/mol. The molecule has 0 unspecified atom stereocenters. The van der Waals surface area contributed by atoms with Gasteiger partial charge in [0.15, 0.2) is 0 Å². The maximum atomic E-state index is 11.8. The quantitative estimate of drug-likeness (QED) is 0.814.